The van der Waals surface area contributed by atoms with Gasteiger partial charge in [-0.2, -0.15) is 17.4 Å². The molecule has 0 aromatic heterocycles. The first kappa shape index (κ1) is 20.6. The fraction of sp³-hybridized carbons (Fsp3) is 0.647. The zero-order valence-corrected chi connectivity index (χ0v) is 16.2. The van der Waals surface area contributed by atoms with Gasteiger partial charge in [0.2, 0.25) is 0 Å². The number of aliphatic hydroxyl groups is 1. The molecule has 0 bridgehead atoms. The van der Waals surface area contributed by atoms with E-state index in [2.05, 4.69) is 9.62 Å². The second-order valence-electron chi connectivity index (χ2n) is 6.96. The molecule has 1 aromatic rings. The fourth-order valence-corrected chi connectivity index (χ4v) is 4.70. The van der Waals surface area contributed by atoms with Crippen molar-refractivity contribution in [3.05, 3.63) is 35.9 Å². The minimum absolute atomic E-state index is 0. The molecule has 2 atom stereocenters. The van der Waals surface area contributed by atoms with E-state index >= 15 is 0 Å². The lowest BCUT2D eigenvalue weighted by molar-refractivity contribution is 0.215. The molecular formula is C17H28ClN3O3S. The summed E-state index contributed by atoms with van der Waals surface area (Å²) in [4.78, 5) is 2.16. The van der Waals surface area contributed by atoms with E-state index in [1.807, 2.05) is 30.3 Å². The maximum atomic E-state index is 12.7. The summed E-state index contributed by atoms with van der Waals surface area (Å²) in [5, 5.41) is 9.15. The molecule has 0 spiro atoms. The van der Waals surface area contributed by atoms with Crippen LogP contribution in [-0.2, 0) is 16.8 Å². The number of nitrogens with one attached hydrogen (secondary N) is 1. The number of aliphatic hydroxyl groups excluding tert-OH is 1. The molecule has 1 aliphatic carbocycles. The van der Waals surface area contributed by atoms with Crippen molar-refractivity contribution in [3.63, 3.8) is 0 Å². The first-order chi connectivity index (χ1) is 11.5. The SMILES string of the molecule is CN(Cc1ccccc1)S(=O)(=O)N[C@H]1CN(CCO)C[C@@H]1C1CC1.Cl. The lowest BCUT2D eigenvalue weighted by atomic mass is 9.99. The second kappa shape index (κ2) is 8.79. The molecule has 0 amide bonds. The van der Waals surface area contributed by atoms with Crippen LogP contribution in [0.1, 0.15) is 18.4 Å². The van der Waals surface area contributed by atoms with Gasteiger partial charge in [-0.25, -0.2) is 0 Å². The van der Waals surface area contributed by atoms with Gasteiger partial charge in [-0.05, 0) is 30.2 Å². The Bertz CT molecular complexity index is 640. The van der Waals surface area contributed by atoms with Crippen molar-refractivity contribution >= 4 is 22.6 Å². The molecule has 142 valence electrons. The summed E-state index contributed by atoms with van der Waals surface area (Å²) in [6.07, 6.45) is 2.38. The van der Waals surface area contributed by atoms with Gasteiger partial charge in [-0.3, -0.25) is 4.90 Å². The van der Waals surface area contributed by atoms with Crippen molar-refractivity contribution in [2.75, 3.05) is 33.3 Å². The summed E-state index contributed by atoms with van der Waals surface area (Å²) in [5.74, 6) is 0.984. The maximum Gasteiger partial charge on any atom is 0.279 e. The Balaban J connectivity index is 0.00000225. The van der Waals surface area contributed by atoms with Gasteiger partial charge in [0.05, 0.1) is 6.61 Å². The Morgan fingerprint density at radius 1 is 1.24 bits per heavy atom. The highest BCUT2D eigenvalue weighted by Crippen LogP contribution is 2.41. The summed E-state index contributed by atoms with van der Waals surface area (Å²) in [7, 11) is -1.91. The quantitative estimate of drug-likeness (QED) is 0.697. The summed E-state index contributed by atoms with van der Waals surface area (Å²) in [6, 6.07) is 9.54. The summed E-state index contributed by atoms with van der Waals surface area (Å²) in [5.41, 5.74) is 0.970. The lowest BCUT2D eigenvalue weighted by Gasteiger charge is -2.24. The highest BCUT2D eigenvalue weighted by Gasteiger charge is 2.43. The van der Waals surface area contributed by atoms with E-state index < -0.39 is 10.2 Å². The average Bonchev–Trinajstić information content (AvgIpc) is 3.31. The number of hydrogen-bond acceptors (Lipinski definition) is 4. The third-order valence-electron chi connectivity index (χ3n) is 5.04. The number of benzene rings is 1. The standard InChI is InChI=1S/C17H27N3O3S.ClH/c1-19(11-14-5-3-2-4-6-14)24(22,23)18-17-13-20(9-10-21)12-16(17)15-7-8-15;/h2-6,15-18,21H,7-13H2,1H3;1H/t16-,17+;/m1./s1. The third-order valence-corrected chi connectivity index (χ3v) is 6.59. The Kier molecular flexibility index (Phi) is 7.25. The van der Waals surface area contributed by atoms with Gasteiger partial charge in [0.15, 0.2) is 0 Å². The van der Waals surface area contributed by atoms with Crippen LogP contribution >= 0.6 is 12.4 Å². The molecule has 25 heavy (non-hydrogen) atoms. The van der Waals surface area contributed by atoms with Gasteiger partial charge in [0.25, 0.3) is 10.2 Å². The van der Waals surface area contributed by atoms with Crippen molar-refractivity contribution < 1.29 is 13.5 Å². The van der Waals surface area contributed by atoms with Gasteiger partial charge < -0.3 is 5.11 Å². The van der Waals surface area contributed by atoms with Crippen LogP contribution in [0.5, 0.6) is 0 Å². The van der Waals surface area contributed by atoms with E-state index in [0.29, 0.717) is 31.5 Å². The van der Waals surface area contributed by atoms with Crippen LogP contribution in [0.25, 0.3) is 0 Å². The Morgan fingerprint density at radius 2 is 1.92 bits per heavy atom. The molecule has 3 rings (SSSR count). The molecule has 1 saturated heterocycles. The Hall–Kier alpha value is -0.700. The summed E-state index contributed by atoms with van der Waals surface area (Å²) < 4.78 is 29.7. The molecule has 1 heterocycles. The fourth-order valence-electron chi connectivity index (χ4n) is 3.57. The third kappa shape index (κ3) is 5.39. The zero-order chi connectivity index (χ0) is 17.2. The molecule has 6 nitrogen and oxygen atoms in total. The largest absolute Gasteiger partial charge is 0.395 e. The van der Waals surface area contributed by atoms with E-state index in [1.54, 1.807) is 7.05 Å². The Labute approximate surface area is 156 Å². The van der Waals surface area contributed by atoms with Gasteiger partial charge in [0, 0.05) is 39.3 Å². The molecule has 2 fully saturated rings. The van der Waals surface area contributed by atoms with Gasteiger partial charge >= 0.3 is 0 Å². The van der Waals surface area contributed by atoms with E-state index in [1.165, 1.54) is 17.1 Å². The first-order valence-corrected chi connectivity index (χ1v) is 10.0. The number of hydrogen-bond donors (Lipinski definition) is 2. The minimum atomic E-state index is -3.52. The smallest absolute Gasteiger partial charge is 0.279 e. The van der Waals surface area contributed by atoms with E-state index in [0.717, 1.165) is 12.1 Å². The predicted molar refractivity (Wildman–Crippen MR) is 101 cm³/mol. The van der Waals surface area contributed by atoms with Crippen LogP contribution in [0.2, 0.25) is 0 Å². The van der Waals surface area contributed by atoms with Gasteiger partial charge in [0.1, 0.15) is 0 Å². The molecule has 1 saturated carbocycles. The average molecular weight is 390 g/mol. The van der Waals surface area contributed by atoms with Gasteiger partial charge in [-0.15, -0.1) is 12.4 Å². The van der Waals surface area contributed by atoms with Crippen LogP contribution in [0.3, 0.4) is 0 Å². The van der Waals surface area contributed by atoms with Gasteiger partial charge in [-0.1, -0.05) is 30.3 Å². The molecule has 8 heteroatoms. The number of β-amino-alcohol motifs (C(OH)–C–C–N with tert-alkyl or cyclic N) is 1. The van der Waals surface area contributed by atoms with Crippen LogP contribution in [0, 0.1) is 11.8 Å². The van der Waals surface area contributed by atoms with Crippen molar-refractivity contribution in [1.29, 1.82) is 0 Å². The highest BCUT2D eigenvalue weighted by atomic mass is 35.5. The topological polar surface area (TPSA) is 72.9 Å². The van der Waals surface area contributed by atoms with Crippen molar-refractivity contribution in [2.24, 2.45) is 11.8 Å². The van der Waals surface area contributed by atoms with E-state index in [9.17, 15) is 8.42 Å². The lowest BCUT2D eigenvalue weighted by Crippen LogP contribution is -2.47. The summed E-state index contributed by atoms with van der Waals surface area (Å²) in [6.45, 7) is 2.64. The normalized spacial score (nSPS) is 24.4. The zero-order valence-electron chi connectivity index (χ0n) is 14.5. The number of halogens is 1. The molecule has 0 radical (unpaired) electrons. The van der Waals surface area contributed by atoms with Crippen molar-refractivity contribution in [2.45, 2.75) is 25.4 Å². The summed E-state index contributed by atoms with van der Waals surface area (Å²) >= 11 is 0. The second-order valence-corrected chi connectivity index (χ2v) is 8.76. The molecule has 2 N–H and O–H groups in total. The van der Waals surface area contributed by atoms with E-state index in [4.69, 9.17) is 5.11 Å². The van der Waals surface area contributed by atoms with Crippen LogP contribution in [0.4, 0.5) is 0 Å². The number of likely N-dealkylation sites (tertiary alicyclic amines) is 1. The van der Waals surface area contributed by atoms with E-state index in [-0.39, 0.29) is 25.1 Å². The number of nitrogens with zero attached hydrogens (tertiary/aromatic N) is 2. The van der Waals surface area contributed by atoms with Crippen LogP contribution < -0.4 is 4.72 Å². The maximum absolute atomic E-state index is 12.7. The van der Waals surface area contributed by atoms with Crippen molar-refractivity contribution in [1.82, 2.24) is 13.9 Å². The van der Waals surface area contributed by atoms with Crippen LogP contribution in [0.15, 0.2) is 30.3 Å². The first-order valence-electron chi connectivity index (χ1n) is 8.60. The molecule has 1 aliphatic heterocycles. The molecule has 1 aromatic carbocycles. The van der Waals surface area contributed by atoms with Crippen LogP contribution in [-0.4, -0.2) is 62.1 Å². The molecule has 2 aliphatic rings. The predicted octanol–water partition coefficient (Wildman–Crippen LogP) is 1.08. The Morgan fingerprint density at radius 3 is 2.52 bits per heavy atom. The molecule has 0 unspecified atom stereocenters. The van der Waals surface area contributed by atoms with Crippen molar-refractivity contribution in [3.8, 4) is 0 Å². The highest BCUT2D eigenvalue weighted by molar-refractivity contribution is 7.87. The number of rotatable bonds is 8. The minimum Gasteiger partial charge on any atom is -0.395 e. The monoisotopic (exact) mass is 389 g/mol. The molecular weight excluding hydrogens is 362 g/mol.